The molecular weight excluding hydrogens is 420 g/mol. The highest BCUT2D eigenvalue weighted by Gasteiger charge is 2.50. The number of ketones is 1. The SMILES string of the molecule is Cc1ccc([S@@](=O)CC(=O)CO[Si](c2ccccc2)(c2ccccc2)C(C)(C)C)cc1. The molecule has 3 aromatic rings. The van der Waals surface area contributed by atoms with E-state index in [2.05, 4.69) is 45.0 Å². The van der Waals surface area contributed by atoms with Gasteiger partial charge in [-0.2, -0.15) is 0 Å². The summed E-state index contributed by atoms with van der Waals surface area (Å²) in [5.74, 6) is -0.187. The molecule has 5 heteroatoms. The Hall–Kier alpha value is -2.34. The van der Waals surface area contributed by atoms with Crippen LogP contribution in [0.3, 0.4) is 0 Å². The van der Waals surface area contributed by atoms with Gasteiger partial charge >= 0.3 is 0 Å². The summed E-state index contributed by atoms with van der Waals surface area (Å²) in [5, 5.41) is 2.05. The Morgan fingerprint density at radius 3 is 1.77 bits per heavy atom. The van der Waals surface area contributed by atoms with E-state index in [1.807, 2.05) is 67.6 Å². The summed E-state index contributed by atoms with van der Waals surface area (Å²) in [6.07, 6.45) is 0. The fourth-order valence-corrected chi connectivity index (χ4v) is 9.43. The Labute approximate surface area is 189 Å². The van der Waals surface area contributed by atoms with Crippen molar-refractivity contribution in [2.24, 2.45) is 0 Å². The van der Waals surface area contributed by atoms with Crippen molar-refractivity contribution in [3.8, 4) is 0 Å². The molecule has 0 spiro atoms. The van der Waals surface area contributed by atoms with Crippen LogP contribution in [0.2, 0.25) is 5.04 Å². The number of benzene rings is 3. The van der Waals surface area contributed by atoms with Crippen molar-refractivity contribution in [2.45, 2.75) is 37.6 Å². The molecule has 0 heterocycles. The average molecular weight is 451 g/mol. The van der Waals surface area contributed by atoms with Crippen LogP contribution < -0.4 is 10.4 Å². The fourth-order valence-electron chi connectivity index (χ4n) is 3.91. The first kappa shape index (κ1) is 23.3. The molecule has 0 aliphatic carbocycles. The lowest BCUT2D eigenvalue weighted by atomic mass is 10.2. The summed E-state index contributed by atoms with van der Waals surface area (Å²) in [6, 6.07) is 27.9. The van der Waals surface area contributed by atoms with Crippen LogP contribution in [0.4, 0.5) is 0 Å². The first-order valence-electron chi connectivity index (χ1n) is 10.5. The Bertz CT molecular complexity index is 986. The molecule has 1 atom stereocenters. The minimum absolute atomic E-state index is 0.0404. The lowest BCUT2D eigenvalue weighted by Gasteiger charge is -2.42. The van der Waals surface area contributed by atoms with Crippen molar-refractivity contribution in [1.29, 1.82) is 0 Å². The molecule has 0 saturated heterocycles. The van der Waals surface area contributed by atoms with Gasteiger partial charge in [0.25, 0.3) is 8.32 Å². The minimum atomic E-state index is -2.77. The van der Waals surface area contributed by atoms with Crippen LogP contribution in [0.25, 0.3) is 0 Å². The third kappa shape index (κ3) is 5.29. The van der Waals surface area contributed by atoms with Crippen LogP contribution in [0.5, 0.6) is 0 Å². The first-order valence-corrected chi connectivity index (χ1v) is 13.7. The number of carbonyl (C=O) groups is 1. The van der Waals surface area contributed by atoms with Crippen LogP contribution >= 0.6 is 0 Å². The highest BCUT2D eigenvalue weighted by molar-refractivity contribution is 7.85. The van der Waals surface area contributed by atoms with Gasteiger partial charge in [0.2, 0.25) is 0 Å². The Morgan fingerprint density at radius 1 is 0.839 bits per heavy atom. The van der Waals surface area contributed by atoms with E-state index in [9.17, 15) is 9.00 Å². The number of aryl methyl sites for hydroxylation is 1. The molecule has 0 aliphatic heterocycles. The summed E-state index contributed by atoms with van der Waals surface area (Å²) in [6.45, 7) is 8.46. The lowest BCUT2D eigenvalue weighted by Crippen LogP contribution is -2.67. The third-order valence-corrected chi connectivity index (χ3v) is 11.8. The highest BCUT2D eigenvalue weighted by Crippen LogP contribution is 2.36. The summed E-state index contributed by atoms with van der Waals surface area (Å²) >= 11 is 0. The van der Waals surface area contributed by atoms with Gasteiger partial charge in [0.1, 0.15) is 0 Å². The molecule has 31 heavy (non-hydrogen) atoms. The first-order chi connectivity index (χ1) is 14.7. The topological polar surface area (TPSA) is 43.4 Å². The van der Waals surface area contributed by atoms with E-state index < -0.39 is 19.1 Å². The molecule has 3 nitrogen and oxygen atoms in total. The van der Waals surface area contributed by atoms with Crippen molar-refractivity contribution in [1.82, 2.24) is 0 Å². The van der Waals surface area contributed by atoms with Gasteiger partial charge in [0.15, 0.2) is 5.78 Å². The molecule has 0 aliphatic rings. The molecule has 0 fully saturated rings. The molecule has 0 N–H and O–H groups in total. The highest BCUT2D eigenvalue weighted by atomic mass is 32.2. The number of hydrogen-bond donors (Lipinski definition) is 0. The Kier molecular flexibility index (Phi) is 7.41. The van der Waals surface area contributed by atoms with E-state index in [1.165, 1.54) is 0 Å². The summed E-state index contributed by atoms with van der Waals surface area (Å²) in [7, 11) is -4.14. The van der Waals surface area contributed by atoms with E-state index in [1.54, 1.807) is 0 Å². The van der Waals surface area contributed by atoms with Gasteiger partial charge in [0, 0.05) is 4.90 Å². The average Bonchev–Trinajstić information content (AvgIpc) is 2.75. The molecule has 0 saturated carbocycles. The van der Waals surface area contributed by atoms with E-state index in [-0.39, 0.29) is 23.2 Å². The molecule has 3 aromatic carbocycles. The van der Waals surface area contributed by atoms with Gasteiger partial charge in [-0.05, 0) is 34.5 Å². The Balaban J connectivity index is 1.88. The van der Waals surface area contributed by atoms with Crippen LogP contribution in [-0.2, 0) is 20.0 Å². The van der Waals surface area contributed by atoms with Crippen molar-refractivity contribution in [2.75, 3.05) is 12.4 Å². The molecule has 0 bridgehead atoms. The predicted octanol–water partition coefficient (Wildman–Crippen LogP) is 4.25. The standard InChI is InChI=1S/C26H30O3SSi/c1-21-15-17-23(18-16-21)30(28)20-22(27)19-29-31(26(2,3)4,24-11-7-5-8-12-24)25-13-9-6-10-14-25/h5-18H,19-20H2,1-4H3/t30-/m0/s1. The molecular formula is C26H30O3SSi. The van der Waals surface area contributed by atoms with Crippen molar-refractivity contribution >= 4 is 35.3 Å². The number of Topliss-reactive ketones (excluding diaryl/α,β-unsaturated/α-hetero) is 1. The van der Waals surface area contributed by atoms with E-state index in [0.717, 1.165) is 15.9 Å². The fraction of sp³-hybridized carbons (Fsp3) is 0.269. The monoisotopic (exact) mass is 450 g/mol. The minimum Gasteiger partial charge on any atom is -0.400 e. The number of hydrogen-bond acceptors (Lipinski definition) is 3. The lowest BCUT2D eigenvalue weighted by molar-refractivity contribution is -0.118. The van der Waals surface area contributed by atoms with Crippen LogP contribution in [0.15, 0.2) is 89.8 Å². The largest absolute Gasteiger partial charge is 0.400 e. The molecule has 0 aromatic heterocycles. The summed E-state index contributed by atoms with van der Waals surface area (Å²) in [4.78, 5) is 13.5. The molecule has 0 radical (unpaired) electrons. The maximum atomic E-state index is 12.8. The van der Waals surface area contributed by atoms with E-state index >= 15 is 0 Å². The molecule has 162 valence electrons. The van der Waals surface area contributed by atoms with Gasteiger partial charge in [0.05, 0.1) is 23.2 Å². The van der Waals surface area contributed by atoms with Crippen LogP contribution in [-0.4, -0.2) is 30.7 Å². The third-order valence-electron chi connectivity index (χ3n) is 5.44. The summed E-state index contributed by atoms with van der Waals surface area (Å²) < 4.78 is 19.3. The van der Waals surface area contributed by atoms with Crippen molar-refractivity contribution in [3.05, 3.63) is 90.5 Å². The van der Waals surface area contributed by atoms with Crippen molar-refractivity contribution in [3.63, 3.8) is 0 Å². The van der Waals surface area contributed by atoms with E-state index in [4.69, 9.17) is 4.43 Å². The maximum absolute atomic E-state index is 12.8. The van der Waals surface area contributed by atoms with Gasteiger partial charge in [-0.1, -0.05) is 99.1 Å². The molecule has 3 rings (SSSR count). The maximum Gasteiger partial charge on any atom is 0.261 e. The zero-order valence-electron chi connectivity index (χ0n) is 18.6. The zero-order valence-corrected chi connectivity index (χ0v) is 20.4. The van der Waals surface area contributed by atoms with Crippen LogP contribution in [0, 0.1) is 6.92 Å². The number of carbonyl (C=O) groups excluding carboxylic acids is 1. The van der Waals surface area contributed by atoms with Gasteiger partial charge in [-0.15, -0.1) is 0 Å². The smallest absolute Gasteiger partial charge is 0.261 e. The normalized spacial score (nSPS) is 13.0. The molecule has 0 amide bonds. The van der Waals surface area contributed by atoms with Gasteiger partial charge < -0.3 is 4.43 Å². The second kappa shape index (κ2) is 9.85. The van der Waals surface area contributed by atoms with Crippen molar-refractivity contribution < 1.29 is 13.4 Å². The van der Waals surface area contributed by atoms with Gasteiger partial charge in [-0.25, -0.2) is 0 Å². The Morgan fingerprint density at radius 2 is 1.32 bits per heavy atom. The number of rotatable bonds is 8. The van der Waals surface area contributed by atoms with E-state index in [0.29, 0.717) is 4.90 Å². The zero-order chi connectivity index (χ0) is 22.5. The second-order valence-corrected chi connectivity index (χ2v) is 14.6. The van der Waals surface area contributed by atoms with Gasteiger partial charge in [-0.3, -0.25) is 9.00 Å². The van der Waals surface area contributed by atoms with Crippen LogP contribution in [0.1, 0.15) is 26.3 Å². The quantitative estimate of drug-likeness (QED) is 0.482. The summed E-state index contributed by atoms with van der Waals surface area (Å²) in [5.41, 5.74) is 1.10. The predicted molar refractivity (Wildman–Crippen MR) is 131 cm³/mol. The molecule has 0 unspecified atom stereocenters. The second-order valence-electron chi connectivity index (χ2n) is 8.79.